The summed E-state index contributed by atoms with van der Waals surface area (Å²) in [5.41, 5.74) is 3.47. The molecule has 1 aromatic rings. The molecule has 6 atom stereocenters. The van der Waals surface area contributed by atoms with E-state index in [1.807, 2.05) is 0 Å². The molecule has 1 aromatic carbocycles. The zero-order valence-electron chi connectivity index (χ0n) is 9.60. The van der Waals surface area contributed by atoms with Gasteiger partial charge in [-0.25, -0.2) is 0 Å². The van der Waals surface area contributed by atoms with Gasteiger partial charge in [0.05, 0.1) is 0 Å². The van der Waals surface area contributed by atoms with E-state index in [9.17, 15) is 0 Å². The van der Waals surface area contributed by atoms with E-state index in [0.717, 1.165) is 35.5 Å². The number of hydrogen-bond donors (Lipinski definition) is 0. The molecule has 3 fully saturated rings. The molecule has 0 N–H and O–H groups in total. The van der Waals surface area contributed by atoms with Crippen LogP contribution in [0.3, 0.4) is 0 Å². The van der Waals surface area contributed by atoms with Gasteiger partial charge in [0, 0.05) is 0 Å². The summed E-state index contributed by atoms with van der Waals surface area (Å²) in [6.45, 7) is 0. The highest BCUT2D eigenvalue weighted by atomic mass is 14.6. The first-order valence-electron chi connectivity index (χ1n) is 7.02. The summed E-state index contributed by atoms with van der Waals surface area (Å²) in [6.07, 6.45) is 6.19. The van der Waals surface area contributed by atoms with E-state index in [0.29, 0.717) is 0 Å². The molecule has 3 saturated carbocycles. The predicted octanol–water partition coefficient (Wildman–Crippen LogP) is 3.93. The number of fused-ring (bicyclic) bond motifs is 12. The fraction of sp³-hybridized carbons (Fsp3) is 0.625. The van der Waals surface area contributed by atoms with Crippen LogP contribution in [0.2, 0.25) is 0 Å². The first-order valence-corrected chi connectivity index (χ1v) is 7.02. The van der Waals surface area contributed by atoms with Crippen molar-refractivity contribution in [2.24, 2.45) is 23.7 Å². The molecule has 0 aliphatic heterocycles. The third kappa shape index (κ3) is 0.752. The van der Waals surface area contributed by atoms with Crippen molar-refractivity contribution < 1.29 is 0 Å². The summed E-state index contributed by atoms with van der Waals surface area (Å²) in [6, 6.07) is 9.34. The average Bonchev–Trinajstić information content (AvgIpc) is 3.07. The average molecular weight is 210 g/mol. The van der Waals surface area contributed by atoms with Crippen LogP contribution in [0, 0.1) is 23.7 Å². The fourth-order valence-corrected chi connectivity index (χ4v) is 6.02. The van der Waals surface area contributed by atoms with E-state index in [4.69, 9.17) is 0 Å². The lowest BCUT2D eigenvalue weighted by molar-refractivity contribution is 0.218. The maximum atomic E-state index is 2.42. The van der Waals surface area contributed by atoms with E-state index in [1.54, 1.807) is 30.4 Å². The second-order valence-electron chi connectivity index (χ2n) is 6.57. The van der Waals surface area contributed by atoms with E-state index in [1.165, 1.54) is 6.42 Å². The summed E-state index contributed by atoms with van der Waals surface area (Å²) >= 11 is 0. The fourth-order valence-electron chi connectivity index (χ4n) is 6.02. The molecule has 0 saturated heterocycles. The lowest BCUT2D eigenvalue weighted by atomic mass is 9.69. The normalized spacial score (nSPS) is 50.8. The van der Waals surface area contributed by atoms with E-state index in [2.05, 4.69) is 24.3 Å². The van der Waals surface area contributed by atoms with Crippen LogP contribution >= 0.6 is 0 Å². The van der Waals surface area contributed by atoms with Crippen LogP contribution in [-0.2, 0) is 0 Å². The summed E-state index contributed by atoms with van der Waals surface area (Å²) in [5.74, 6) is 6.33. The largest absolute Gasteiger partial charge is 0.0620 e. The zero-order chi connectivity index (χ0) is 10.3. The molecule has 82 valence electrons. The van der Waals surface area contributed by atoms with E-state index in [-0.39, 0.29) is 0 Å². The zero-order valence-corrected chi connectivity index (χ0v) is 9.60. The van der Waals surface area contributed by atoms with Gasteiger partial charge >= 0.3 is 0 Å². The molecule has 0 radical (unpaired) electrons. The molecule has 0 heterocycles. The van der Waals surface area contributed by atoms with Crippen molar-refractivity contribution in [3.63, 3.8) is 0 Å². The van der Waals surface area contributed by atoms with Crippen LogP contribution in [0.15, 0.2) is 24.3 Å². The molecule has 6 unspecified atom stereocenters. The molecule has 0 nitrogen and oxygen atoms in total. The molecule has 0 amide bonds. The van der Waals surface area contributed by atoms with Gasteiger partial charge in [-0.1, -0.05) is 24.3 Å². The Kier molecular flexibility index (Phi) is 1.33. The third-order valence-electron chi connectivity index (χ3n) is 6.28. The molecule has 4 bridgehead atoms. The van der Waals surface area contributed by atoms with Gasteiger partial charge in [-0.05, 0) is 72.3 Å². The number of benzene rings is 1. The van der Waals surface area contributed by atoms with Crippen LogP contribution in [0.5, 0.6) is 0 Å². The lowest BCUT2D eigenvalue weighted by Gasteiger charge is -2.35. The van der Waals surface area contributed by atoms with Gasteiger partial charge in [-0.3, -0.25) is 0 Å². The predicted molar refractivity (Wildman–Crippen MR) is 64.4 cm³/mol. The Morgan fingerprint density at radius 2 is 1.31 bits per heavy atom. The Bertz CT molecular complexity index is 420. The number of hydrogen-bond acceptors (Lipinski definition) is 0. The topological polar surface area (TPSA) is 0 Å². The highest BCUT2D eigenvalue weighted by Crippen LogP contribution is 2.71. The van der Waals surface area contributed by atoms with Gasteiger partial charge in [0.25, 0.3) is 0 Å². The van der Waals surface area contributed by atoms with Gasteiger partial charge in [0.1, 0.15) is 0 Å². The second-order valence-corrected chi connectivity index (χ2v) is 6.57. The van der Waals surface area contributed by atoms with Gasteiger partial charge < -0.3 is 0 Å². The van der Waals surface area contributed by atoms with Crippen LogP contribution in [0.4, 0.5) is 0 Å². The summed E-state index contributed by atoms with van der Waals surface area (Å²) in [4.78, 5) is 0. The SMILES string of the molecule is c1ccc2c(c1)C1CC2C2C3CCC(C3)C12. The van der Waals surface area contributed by atoms with Crippen molar-refractivity contribution in [1.82, 2.24) is 0 Å². The highest BCUT2D eigenvalue weighted by Gasteiger charge is 2.61. The standard InChI is InChI=1S/C16H18/c1-2-4-12-11(3-1)13-8-14(12)16-10-6-5-9(7-10)15(13)16/h1-4,9-10,13-16H,5-8H2. The van der Waals surface area contributed by atoms with Gasteiger partial charge in [-0.2, -0.15) is 0 Å². The van der Waals surface area contributed by atoms with Crippen molar-refractivity contribution in [3.05, 3.63) is 35.4 Å². The Morgan fingerprint density at radius 3 is 1.88 bits per heavy atom. The maximum absolute atomic E-state index is 2.42. The second kappa shape index (κ2) is 2.55. The van der Waals surface area contributed by atoms with Gasteiger partial charge in [-0.15, -0.1) is 0 Å². The molecule has 0 aromatic heterocycles. The Hall–Kier alpha value is -0.780. The minimum Gasteiger partial charge on any atom is -0.0620 e. The Labute approximate surface area is 97.1 Å². The van der Waals surface area contributed by atoms with Crippen molar-refractivity contribution in [2.75, 3.05) is 0 Å². The molecule has 0 spiro atoms. The lowest BCUT2D eigenvalue weighted by Crippen LogP contribution is -2.27. The van der Waals surface area contributed by atoms with Crippen LogP contribution in [-0.4, -0.2) is 0 Å². The summed E-state index contributed by atoms with van der Waals surface area (Å²) in [7, 11) is 0. The first-order chi connectivity index (χ1) is 7.93. The molecule has 16 heavy (non-hydrogen) atoms. The van der Waals surface area contributed by atoms with Gasteiger partial charge in [0.2, 0.25) is 0 Å². The van der Waals surface area contributed by atoms with E-state index >= 15 is 0 Å². The van der Waals surface area contributed by atoms with Crippen molar-refractivity contribution >= 4 is 0 Å². The van der Waals surface area contributed by atoms with Crippen LogP contribution in [0.1, 0.15) is 48.6 Å². The first kappa shape index (κ1) is 8.33. The third-order valence-corrected chi connectivity index (χ3v) is 6.28. The Morgan fingerprint density at radius 1 is 0.750 bits per heavy atom. The molecule has 0 heteroatoms. The minimum atomic E-state index is 0.960. The molecule has 4 aliphatic rings. The van der Waals surface area contributed by atoms with Crippen LogP contribution in [0.25, 0.3) is 0 Å². The molecular formula is C16H18. The summed E-state index contributed by atoms with van der Waals surface area (Å²) in [5, 5.41) is 0. The maximum Gasteiger partial charge on any atom is -0.0119 e. The molecule has 5 rings (SSSR count). The Balaban J connectivity index is 1.71. The van der Waals surface area contributed by atoms with E-state index < -0.39 is 0 Å². The molecule has 4 aliphatic carbocycles. The minimum absolute atomic E-state index is 0.960. The highest BCUT2D eigenvalue weighted by molar-refractivity contribution is 5.44. The van der Waals surface area contributed by atoms with Crippen LogP contribution < -0.4 is 0 Å². The van der Waals surface area contributed by atoms with Crippen molar-refractivity contribution in [2.45, 2.75) is 37.5 Å². The monoisotopic (exact) mass is 210 g/mol. The van der Waals surface area contributed by atoms with Crippen molar-refractivity contribution in [3.8, 4) is 0 Å². The smallest absolute Gasteiger partial charge is 0.0119 e. The quantitative estimate of drug-likeness (QED) is 0.569. The van der Waals surface area contributed by atoms with Gasteiger partial charge in [0.15, 0.2) is 0 Å². The summed E-state index contributed by atoms with van der Waals surface area (Å²) < 4.78 is 0. The van der Waals surface area contributed by atoms with Crippen molar-refractivity contribution in [1.29, 1.82) is 0 Å². The number of rotatable bonds is 0. The molecular weight excluding hydrogens is 192 g/mol.